The summed E-state index contributed by atoms with van der Waals surface area (Å²) in [5.74, 6) is 3.49. The van der Waals surface area contributed by atoms with Crippen molar-refractivity contribution >= 4 is 22.4 Å². The lowest BCUT2D eigenvalue weighted by atomic mass is 9.47. The fourth-order valence-corrected chi connectivity index (χ4v) is 7.94. The van der Waals surface area contributed by atoms with Gasteiger partial charge in [-0.15, -0.1) is 0 Å². The van der Waals surface area contributed by atoms with Crippen LogP contribution in [-0.4, -0.2) is 17.5 Å². The minimum Gasteiger partial charge on any atom is -0.497 e. The van der Waals surface area contributed by atoms with E-state index in [9.17, 15) is 4.79 Å². The SMILES string of the molecule is COc1ccc2c(ccn2C2=CC[C@H]3[C@@H]4CCC5=CC(=O)CC[C@]5(C)[C@H]4CC[C@]23C)c1. The van der Waals surface area contributed by atoms with E-state index in [4.69, 9.17) is 4.74 Å². The number of carbonyl (C=O) groups excluding carboxylic acids is 1. The molecule has 31 heavy (non-hydrogen) atoms. The first kappa shape index (κ1) is 19.4. The van der Waals surface area contributed by atoms with E-state index >= 15 is 0 Å². The van der Waals surface area contributed by atoms with E-state index < -0.39 is 0 Å². The Morgan fingerprint density at radius 3 is 2.74 bits per heavy atom. The summed E-state index contributed by atoms with van der Waals surface area (Å²) in [5.41, 5.74) is 4.72. The number of benzene rings is 1. The number of aromatic nitrogens is 1. The zero-order valence-corrected chi connectivity index (χ0v) is 19.0. The average Bonchev–Trinajstić information content (AvgIpc) is 3.33. The summed E-state index contributed by atoms with van der Waals surface area (Å²) in [6.07, 6.45) is 14.7. The van der Waals surface area contributed by atoms with E-state index in [0.29, 0.717) is 11.7 Å². The Kier molecular flexibility index (Phi) is 4.13. The van der Waals surface area contributed by atoms with Gasteiger partial charge in [0.25, 0.3) is 0 Å². The molecule has 0 saturated heterocycles. The third-order valence-corrected chi connectivity index (χ3v) is 9.66. The number of carbonyl (C=O) groups is 1. The fraction of sp³-hybridized carbons (Fsp3) is 0.536. The highest BCUT2D eigenvalue weighted by atomic mass is 16.5. The van der Waals surface area contributed by atoms with Gasteiger partial charge in [-0.2, -0.15) is 0 Å². The van der Waals surface area contributed by atoms with Gasteiger partial charge in [-0.05, 0) is 92.0 Å². The number of rotatable bonds is 2. The predicted octanol–water partition coefficient (Wildman–Crippen LogP) is 6.63. The van der Waals surface area contributed by atoms with E-state index in [1.165, 1.54) is 47.9 Å². The molecule has 0 aliphatic heterocycles. The standard InChI is InChI=1S/C28H33NO2/c1-27-13-10-20(30)17-19(27)4-6-22-23-7-9-26(28(23,2)14-11-24(22)27)29-15-12-18-16-21(31-3)5-8-25(18)29/h5,8-9,12,15-17,22-24H,4,6-7,10-11,13-14H2,1-3H3/t22-,23-,24-,27-,28-/m0/s1. The highest BCUT2D eigenvalue weighted by molar-refractivity contribution is 5.91. The summed E-state index contributed by atoms with van der Waals surface area (Å²) >= 11 is 0. The van der Waals surface area contributed by atoms with Gasteiger partial charge in [0.05, 0.1) is 12.6 Å². The van der Waals surface area contributed by atoms with Gasteiger partial charge >= 0.3 is 0 Å². The smallest absolute Gasteiger partial charge is 0.155 e. The van der Waals surface area contributed by atoms with Gasteiger partial charge in [-0.25, -0.2) is 0 Å². The molecule has 4 aliphatic carbocycles. The first-order valence-corrected chi connectivity index (χ1v) is 12.0. The second kappa shape index (κ2) is 6.60. The van der Waals surface area contributed by atoms with Gasteiger partial charge in [-0.3, -0.25) is 4.79 Å². The van der Waals surface area contributed by atoms with Crippen LogP contribution in [0.15, 0.2) is 48.2 Å². The van der Waals surface area contributed by atoms with Gasteiger partial charge in [0, 0.05) is 29.1 Å². The Morgan fingerprint density at radius 2 is 1.90 bits per heavy atom. The van der Waals surface area contributed by atoms with Gasteiger partial charge < -0.3 is 9.30 Å². The van der Waals surface area contributed by atoms with Crippen LogP contribution >= 0.6 is 0 Å². The maximum Gasteiger partial charge on any atom is 0.155 e. The van der Waals surface area contributed by atoms with E-state index in [0.717, 1.165) is 36.8 Å². The first-order chi connectivity index (χ1) is 14.9. The van der Waals surface area contributed by atoms with Crippen LogP contribution in [-0.2, 0) is 4.79 Å². The van der Waals surface area contributed by atoms with Crippen molar-refractivity contribution in [1.29, 1.82) is 0 Å². The first-order valence-electron chi connectivity index (χ1n) is 12.0. The molecule has 1 aromatic heterocycles. The maximum absolute atomic E-state index is 12.1. The Morgan fingerprint density at radius 1 is 1.03 bits per heavy atom. The zero-order chi connectivity index (χ0) is 21.4. The molecule has 0 unspecified atom stereocenters. The molecule has 162 valence electrons. The molecule has 0 amide bonds. The molecule has 0 N–H and O–H groups in total. The van der Waals surface area contributed by atoms with Crippen LogP contribution < -0.4 is 4.74 Å². The fourth-order valence-electron chi connectivity index (χ4n) is 7.94. The van der Waals surface area contributed by atoms with Gasteiger partial charge in [0.15, 0.2) is 5.78 Å². The highest BCUT2D eigenvalue weighted by Crippen LogP contribution is 2.66. The lowest BCUT2D eigenvalue weighted by Gasteiger charge is -2.57. The molecule has 0 bridgehead atoms. The number of ketones is 1. The minimum absolute atomic E-state index is 0.231. The van der Waals surface area contributed by atoms with Gasteiger partial charge in [0.1, 0.15) is 5.75 Å². The zero-order valence-electron chi connectivity index (χ0n) is 19.0. The van der Waals surface area contributed by atoms with Crippen LogP contribution in [0, 0.1) is 28.6 Å². The van der Waals surface area contributed by atoms with Crippen molar-refractivity contribution in [1.82, 2.24) is 4.57 Å². The summed E-state index contributed by atoms with van der Waals surface area (Å²) in [6.45, 7) is 5.00. The Balaban J connectivity index is 1.35. The molecular formula is C28H33NO2. The monoisotopic (exact) mass is 415 g/mol. The maximum atomic E-state index is 12.1. The Bertz CT molecular complexity index is 1140. The quantitative estimate of drug-likeness (QED) is 0.551. The molecule has 5 atom stereocenters. The molecule has 2 saturated carbocycles. The molecular weight excluding hydrogens is 382 g/mol. The summed E-state index contributed by atoms with van der Waals surface area (Å²) in [4.78, 5) is 12.1. The molecule has 3 heteroatoms. The summed E-state index contributed by atoms with van der Waals surface area (Å²) in [5, 5.41) is 1.24. The molecule has 0 spiro atoms. The second-order valence-corrected chi connectivity index (χ2v) is 10.9. The lowest BCUT2D eigenvalue weighted by Crippen LogP contribution is -2.50. The third kappa shape index (κ3) is 2.61. The topological polar surface area (TPSA) is 31.2 Å². The molecule has 1 heterocycles. The number of hydrogen-bond donors (Lipinski definition) is 0. The number of allylic oxidation sites excluding steroid dienone is 4. The van der Waals surface area contributed by atoms with Crippen LogP contribution in [0.3, 0.4) is 0 Å². The van der Waals surface area contributed by atoms with Gasteiger partial charge in [0.2, 0.25) is 0 Å². The summed E-state index contributed by atoms with van der Waals surface area (Å²) < 4.78 is 7.88. The van der Waals surface area contributed by atoms with Crippen LogP contribution in [0.1, 0.15) is 58.8 Å². The predicted molar refractivity (Wildman–Crippen MR) is 125 cm³/mol. The van der Waals surface area contributed by atoms with Crippen molar-refractivity contribution in [3.63, 3.8) is 0 Å². The summed E-state index contributed by atoms with van der Waals surface area (Å²) in [7, 11) is 1.73. The van der Waals surface area contributed by atoms with Crippen molar-refractivity contribution in [3.05, 3.63) is 48.2 Å². The number of nitrogens with zero attached hydrogens (tertiary/aromatic N) is 1. The van der Waals surface area contributed by atoms with Crippen LogP contribution in [0.25, 0.3) is 16.6 Å². The normalized spacial score (nSPS) is 37.0. The van der Waals surface area contributed by atoms with E-state index in [-0.39, 0.29) is 10.8 Å². The van der Waals surface area contributed by atoms with Gasteiger partial charge in [-0.1, -0.05) is 25.5 Å². The molecule has 1 aromatic carbocycles. The third-order valence-electron chi connectivity index (χ3n) is 9.66. The molecule has 3 nitrogen and oxygen atoms in total. The molecule has 6 rings (SSSR count). The number of hydrogen-bond acceptors (Lipinski definition) is 2. The molecule has 4 aliphatic rings. The largest absolute Gasteiger partial charge is 0.497 e. The Labute approximate surface area is 185 Å². The van der Waals surface area contributed by atoms with Crippen molar-refractivity contribution in [2.45, 2.75) is 58.8 Å². The van der Waals surface area contributed by atoms with Crippen molar-refractivity contribution in [2.24, 2.45) is 28.6 Å². The van der Waals surface area contributed by atoms with E-state index in [2.05, 4.69) is 55.0 Å². The number of fused-ring (bicyclic) bond motifs is 6. The summed E-state index contributed by atoms with van der Waals surface area (Å²) in [6, 6.07) is 8.64. The molecule has 2 fully saturated rings. The average molecular weight is 416 g/mol. The van der Waals surface area contributed by atoms with Crippen molar-refractivity contribution in [3.8, 4) is 5.75 Å². The van der Waals surface area contributed by atoms with Crippen molar-refractivity contribution < 1.29 is 9.53 Å². The number of ether oxygens (including phenoxy) is 1. The van der Waals surface area contributed by atoms with E-state index in [1.54, 1.807) is 7.11 Å². The number of methoxy groups -OCH3 is 1. The van der Waals surface area contributed by atoms with Crippen LogP contribution in [0.2, 0.25) is 0 Å². The minimum atomic E-state index is 0.231. The molecule has 2 aromatic rings. The van der Waals surface area contributed by atoms with E-state index in [1.807, 2.05) is 6.08 Å². The second-order valence-electron chi connectivity index (χ2n) is 10.9. The lowest BCUT2D eigenvalue weighted by molar-refractivity contribution is -0.117. The molecule has 0 radical (unpaired) electrons. The Hall–Kier alpha value is -2.29. The van der Waals surface area contributed by atoms with Crippen molar-refractivity contribution in [2.75, 3.05) is 7.11 Å². The highest BCUT2D eigenvalue weighted by Gasteiger charge is 2.57. The van der Waals surface area contributed by atoms with Crippen LogP contribution in [0.4, 0.5) is 0 Å². The van der Waals surface area contributed by atoms with Crippen LogP contribution in [0.5, 0.6) is 5.75 Å².